The predicted octanol–water partition coefficient (Wildman–Crippen LogP) is 3.50. The third kappa shape index (κ3) is 1.98. The molecule has 0 aliphatic heterocycles. The second kappa shape index (κ2) is 4.75. The van der Waals surface area contributed by atoms with Gasteiger partial charge in [0.15, 0.2) is 0 Å². The van der Waals surface area contributed by atoms with Crippen LogP contribution in [0.3, 0.4) is 0 Å². The van der Waals surface area contributed by atoms with Crippen LogP contribution < -0.4 is 0 Å². The summed E-state index contributed by atoms with van der Waals surface area (Å²) in [7, 11) is 0. The first-order valence-electron chi connectivity index (χ1n) is 6.55. The Morgan fingerprint density at radius 1 is 1.56 bits per heavy atom. The number of hydrogen-bond acceptors (Lipinski definition) is 2. The second-order valence-corrected chi connectivity index (χ2v) is 5.83. The number of nitriles is 1. The quantitative estimate of drug-likeness (QED) is 0.795. The van der Waals surface area contributed by atoms with E-state index in [1.807, 2.05) is 20.8 Å². The lowest BCUT2D eigenvalue weighted by molar-refractivity contribution is -0.115. The average Bonchev–Trinajstić information content (AvgIpc) is 2.27. The zero-order valence-corrected chi connectivity index (χ0v) is 11.1. The average molecular weight is 223 g/mol. The van der Waals surface area contributed by atoms with Crippen LogP contribution in [0.1, 0.15) is 59.8 Å². The van der Waals surface area contributed by atoms with E-state index in [1.54, 1.807) is 0 Å². The highest BCUT2D eigenvalue weighted by Gasteiger charge is 2.52. The SMILES string of the molecule is CCC(O)(C(C)C)C1(C#N)CCCC(C)C1. The van der Waals surface area contributed by atoms with Crippen LogP contribution >= 0.6 is 0 Å². The third-order valence-corrected chi connectivity index (χ3v) is 4.53. The van der Waals surface area contributed by atoms with Gasteiger partial charge in [0, 0.05) is 0 Å². The van der Waals surface area contributed by atoms with Crippen molar-refractivity contribution in [2.75, 3.05) is 0 Å². The Morgan fingerprint density at radius 3 is 2.56 bits per heavy atom. The highest BCUT2D eigenvalue weighted by molar-refractivity contribution is 5.13. The van der Waals surface area contributed by atoms with E-state index in [0.717, 1.165) is 19.3 Å². The summed E-state index contributed by atoms with van der Waals surface area (Å²) in [6.07, 6.45) is 4.65. The smallest absolute Gasteiger partial charge is 0.0865 e. The van der Waals surface area contributed by atoms with Gasteiger partial charge in [0.25, 0.3) is 0 Å². The van der Waals surface area contributed by atoms with E-state index in [9.17, 15) is 10.4 Å². The van der Waals surface area contributed by atoms with E-state index < -0.39 is 11.0 Å². The van der Waals surface area contributed by atoms with Crippen molar-refractivity contribution in [2.45, 2.75) is 65.4 Å². The Labute approximate surface area is 99.7 Å². The van der Waals surface area contributed by atoms with E-state index >= 15 is 0 Å². The molecule has 1 rings (SSSR count). The van der Waals surface area contributed by atoms with Gasteiger partial charge in [0.05, 0.1) is 17.1 Å². The van der Waals surface area contributed by atoms with Crippen molar-refractivity contribution in [1.29, 1.82) is 5.26 Å². The molecule has 0 spiro atoms. The fourth-order valence-electron chi connectivity index (χ4n) is 3.44. The molecule has 0 aromatic heterocycles. The molecule has 0 heterocycles. The highest BCUT2D eigenvalue weighted by Crippen LogP contribution is 2.50. The minimum absolute atomic E-state index is 0.141. The summed E-state index contributed by atoms with van der Waals surface area (Å²) < 4.78 is 0. The van der Waals surface area contributed by atoms with Gasteiger partial charge in [-0.3, -0.25) is 0 Å². The maximum atomic E-state index is 10.9. The molecule has 3 atom stereocenters. The van der Waals surface area contributed by atoms with Gasteiger partial charge in [0.1, 0.15) is 0 Å². The van der Waals surface area contributed by atoms with E-state index in [4.69, 9.17) is 0 Å². The number of nitrogens with zero attached hydrogens (tertiary/aromatic N) is 1. The van der Waals surface area contributed by atoms with Crippen LogP contribution in [0.2, 0.25) is 0 Å². The first-order chi connectivity index (χ1) is 7.42. The van der Waals surface area contributed by atoms with Crippen LogP contribution in [0.4, 0.5) is 0 Å². The summed E-state index contributed by atoms with van der Waals surface area (Å²) in [5.41, 5.74) is -1.34. The first kappa shape index (κ1) is 13.5. The first-order valence-corrected chi connectivity index (χ1v) is 6.55. The molecule has 0 bridgehead atoms. The van der Waals surface area contributed by atoms with Crippen molar-refractivity contribution in [3.8, 4) is 6.07 Å². The molecule has 3 unspecified atom stereocenters. The van der Waals surface area contributed by atoms with E-state index in [0.29, 0.717) is 12.3 Å². The monoisotopic (exact) mass is 223 g/mol. The Bertz CT molecular complexity index is 281. The summed E-state index contributed by atoms with van der Waals surface area (Å²) in [5, 5.41) is 20.4. The van der Waals surface area contributed by atoms with Gasteiger partial charge in [-0.25, -0.2) is 0 Å². The van der Waals surface area contributed by atoms with Crippen molar-refractivity contribution in [1.82, 2.24) is 0 Å². The Hall–Kier alpha value is -0.550. The highest BCUT2D eigenvalue weighted by atomic mass is 16.3. The van der Waals surface area contributed by atoms with Crippen LogP contribution in [0, 0.1) is 28.6 Å². The summed E-state index contributed by atoms with van der Waals surface area (Å²) in [5.74, 6) is 0.702. The Kier molecular flexibility index (Phi) is 4.02. The molecule has 1 aliphatic rings. The van der Waals surface area contributed by atoms with Gasteiger partial charge in [-0.05, 0) is 31.1 Å². The zero-order valence-electron chi connectivity index (χ0n) is 11.1. The molecule has 16 heavy (non-hydrogen) atoms. The molecular formula is C14H25NO. The predicted molar refractivity (Wildman–Crippen MR) is 65.8 cm³/mol. The fraction of sp³-hybridized carbons (Fsp3) is 0.929. The molecule has 92 valence electrons. The zero-order chi connectivity index (χ0) is 12.4. The lowest BCUT2D eigenvalue weighted by atomic mass is 9.57. The van der Waals surface area contributed by atoms with E-state index in [2.05, 4.69) is 13.0 Å². The van der Waals surface area contributed by atoms with E-state index in [1.165, 1.54) is 6.42 Å². The van der Waals surface area contributed by atoms with Crippen LogP contribution in [-0.4, -0.2) is 10.7 Å². The molecule has 0 aromatic carbocycles. The van der Waals surface area contributed by atoms with Crippen molar-refractivity contribution in [3.05, 3.63) is 0 Å². The number of rotatable bonds is 3. The number of hydrogen-bond donors (Lipinski definition) is 1. The lowest BCUT2D eigenvalue weighted by Gasteiger charge is -2.48. The lowest BCUT2D eigenvalue weighted by Crippen LogP contribution is -2.53. The Morgan fingerprint density at radius 2 is 2.19 bits per heavy atom. The van der Waals surface area contributed by atoms with Gasteiger partial charge in [0.2, 0.25) is 0 Å². The van der Waals surface area contributed by atoms with Crippen molar-refractivity contribution < 1.29 is 5.11 Å². The molecule has 2 nitrogen and oxygen atoms in total. The van der Waals surface area contributed by atoms with Gasteiger partial charge >= 0.3 is 0 Å². The maximum Gasteiger partial charge on any atom is 0.0865 e. The normalized spacial score (nSPS) is 34.4. The van der Waals surface area contributed by atoms with Crippen LogP contribution in [0.15, 0.2) is 0 Å². The summed E-state index contributed by atoms with van der Waals surface area (Å²) in [6, 6.07) is 2.47. The fourth-order valence-corrected chi connectivity index (χ4v) is 3.44. The van der Waals surface area contributed by atoms with Crippen LogP contribution in [-0.2, 0) is 0 Å². The second-order valence-electron chi connectivity index (χ2n) is 5.83. The molecule has 1 fully saturated rings. The van der Waals surface area contributed by atoms with Gasteiger partial charge < -0.3 is 5.11 Å². The van der Waals surface area contributed by atoms with Crippen LogP contribution in [0.25, 0.3) is 0 Å². The van der Waals surface area contributed by atoms with Crippen molar-refractivity contribution >= 4 is 0 Å². The molecule has 0 aromatic rings. The van der Waals surface area contributed by atoms with Gasteiger partial charge in [-0.15, -0.1) is 0 Å². The molecule has 0 amide bonds. The number of aliphatic hydroxyl groups is 1. The summed E-state index contributed by atoms with van der Waals surface area (Å²) >= 11 is 0. The molecule has 1 aliphatic carbocycles. The molecule has 0 radical (unpaired) electrons. The maximum absolute atomic E-state index is 10.9. The summed E-state index contributed by atoms with van der Waals surface area (Å²) in [6.45, 7) is 8.25. The van der Waals surface area contributed by atoms with Gasteiger partial charge in [-0.2, -0.15) is 5.26 Å². The van der Waals surface area contributed by atoms with Crippen molar-refractivity contribution in [3.63, 3.8) is 0 Å². The molecule has 1 N–H and O–H groups in total. The molecule has 2 heteroatoms. The summed E-state index contributed by atoms with van der Waals surface area (Å²) in [4.78, 5) is 0. The molecular weight excluding hydrogens is 198 g/mol. The molecule has 1 saturated carbocycles. The van der Waals surface area contributed by atoms with Crippen molar-refractivity contribution in [2.24, 2.45) is 17.3 Å². The minimum Gasteiger partial charge on any atom is -0.388 e. The molecule has 0 saturated heterocycles. The topological polar surface area (TPSA) is 44.0 Å². The van der Waals surface area contributed by atoms with Gasteiger partial charge in [-0.1, -0.05) is 40.5 Å². The third-order valence-electron chi connectivity index (χ3n) is 4.53. The van der Waals surface area contributed by atoms with Crippen LogP contribution in [0.5, 0.6) is 0 Å². The Balaban J connectivity index is 3.07. The standard InChI is InChI=1S/C14H25NO/c1-5-14(16,11(2)3)13(10-15)8-6-7-12(4)9-13/h11-12,16H,5-9H2,1-4H3. The van der Waals surface area contributed by atoms with E-state index in [-0.39, 0.29) is 5.92 Å². The minimum atomic E-state index is -0.823. The largest absolute Gasteiger partial charge is 0.388 e.